The minimum absolute atomic E-state index is 0.00251. The van der Waals surface area contributed by atoms with Crippen molar-refractivity contribution in [3.8, 4) is 0 Å². The zero-order valence-corrected chi connectivity index (χ0v) is 21.5. The number of amides is 2. The minimum Gasteiger partial charge on any atom is -0.447 e. The number of hydrogen-bond donors (Lipinski definition) is 1. The van der Waals surface area contributed by atoms with E-state index in [0.29, 0.717) is 24.3 Å². The molecule has 0 spiro atoms. The van der Waals surface area contributed by atoms with Gasteiger partial charge in [-0.1, -0.05) is 31.7 Å². The third kappa shape index (κ3) is 5.64. The summed E-state index contributed by atoms with van der Waals surface area (Å²) < 4.78 is 5.19. The van der Waals surface area contributed by atoms with Crippen molar-refractivity contribution in [3.05, 3.63) is 53.4 Å². The zero-order valence-electron chi connectivity index (χ0n) is 21.5. The van der Waals surface area contributed by atoms with E-state index in [4.69, 9.17) is 4.74 Å². The number of benzene rings is 1. The molecule has 2 aliphatic heterocycles. The number of nitrogens with zero attached hydrogens (tertiary/aromatic N) is 6. The number of aryl methyl sites for hydroxylation is 2. The molecule has 0 bridgehead atoms. The number of nitrogens with one attached hydrogen (secondary N) is 1. The summed E-state index contributed by atoms with van der Waals surface area (Å²) >= 11 is 0. The quantitative estimate of drug-likeness (QED) is 0.559. The summed E-state index contributed by atoms with van der Waals surface area (Å²) in [6, 6.07) is 6.35. The summed E-state index contributed by atoms with van der Waals surface area (Å²) in [4.78, 5) is 43.1. The Morgan fingerprint density at radius 1 is 1.22 bits per heavy atom. The maximum Gasteiger partial charge on any atom is 0.417 e. The second-order valence-corrected chi connectivity index (χ2v) is 9.37. The summed E-state index contributed by atoms with van der Waals surface area (Å²) in [5.74, 6) is 1.27. The lowest BCUT2D eigenvalue weighted by molar-refractivity contribution is -0.127. The average Bonchev–Trinajstić information content (AvgIpc) is 3.25. The smallest absolute Gasteiger partial charge is 0.417 e. The standard InChI is InChI=1S/C26H35N7O3/c1-6-22-16-36-26(35)33(22)25-29-19(5)28-24(30-25)27-18(4)20-8-9-21(17(3)14-20)15-31-10-12-32(13-11-31)23(34)7-2/h7-9,14,18,22H,2,6,10-13,15-16H2,1,3-5H3,(H,27,28,29,30)/t18-,22-/m0/s1. The molecule has 10 heteroatoms. The molecule has 192 valence electrons. The first kappa shape index (κ1) is 25.6. The first-order valence-electron chi connectivity index (χ1n) is 12.5. The van der Waals surface area contributed by atoms with Crippen LogP contribution in [0.25, 0.3) is 0 Å². The fourth-order valence-corrected chi connectivity index (χ4v) is 4.59. The summed E-state index contributed by atoms with van der Waals surface area (Å²) in [6.45, 7) is 15.9. The molecule has 0 radical (unpaired) electrons. The fraction of sp³-hybridized carbons (Fsp3) is 0.500. The van der Waals surface area contributed by atoms with E-state index in [-0.39, 0.29) is 18.0 Å². The highest BCUT2D eigenvalue weighted by molar-refractivity contribution is 5.88. The zero-order chi connectivity index (χ0) is 25.8. The molecule has 0 unspecified atom stereocenters. The predicted octanol–water partition coefficient (Wildman–Crippen LogP) is 3.23. The van der Waals surface area contributed by atoms with Gasteiger partial charge in [0, 0.05) is 32.7 Å². The Labute approximate surface area is 212 Å². The first-order valence-corrected chi connectivity index (χ1v) is 12.5. The van der Waals surface area contributed by atoms with Crippen LogP contribution in [0, 0.1) is 13.8 Å². The van der Waals surface area contributed by atoms with Gasteiger partial charge >= 0.3 is 6.09 Å². The molecule has 3 heterocycles. The van der Waals surface area contributed by atoms with Gasteiger partial charge in [-0.25, -0.2) is 9.69 Å². The Bertz CT molecular complexity index is 1130. The number of cyclic esters (lactones) is 1. The number of carbonyl (C=O) groups is 2. The van der Waals surface area contributed by atoms with E-state index in [1.165, 1.54) is 22.1 Å². The van der Waals surface area contributed by atoms with Crippen LogP contribution in [-0.4, -0.2) is 75.6 Å². The van der Waals surface area contributed by atoms with Crippen LogP contribution in [0.15, 0.2) is 30.9 Å². The second kappa shape index (κ2) is 11.0. The molecule has 2 amide bonds. The third-order valence-corrected chi connectivity index (χ3v) is 6.85. The number of piperazine rings is 1. The molecule has 1 aromatic carbocycles. The van der Waals surface area contributed by atoms with Gasteiger partial charge < -0.3 is 15.0 Å². The molecule has 1 aromatic heterocycles. The van der Waals surface area contributed by atoms with Gasteiger partial charge in [-0.15, -0.1) is 0 Å². The maximum absolute atomic E-state index is 12.2. The summed E-state index contributed by atoms with van der Waals surface area (Å²) in [7, 11) is 0. The summed E-state index contributed by atoms with van der Waals surface area (Å²) in [5.41, 5.74) is 3.60. The molecular formula is C26H35N7O3. The molecule has 2 aliphatic rings. The van der Waals surface area contributed by atoms with Gasteiger partial charge in [0.05, 0.1) is 12.1 Å². The molecule has 4 rings (SSSR count). The van der Waals surface area contributed by atoms with Crippen LogP contribution < -0.4 is 10.2 Å². The van der Waals surface area contributed by atoms with Crippen molar-refractivity contribution >= 4 is 23.9 Å². The van der Waals surface area contributed by atoms with E-state index in [1.54, 1.807) is 6.92 Å². The molecule has 1 N–H and O–H groups in total. The van der Waals surface area contributed by atoms with Crippen LogP contribution in [0.4, 0.5) is 16.7 Å². The predicted molar refractivity (Wildman–Crippen MR) is 138 cm³/mol. The van der Waals surface area contributed by atoms with Crippen molar-refractivity contribution < 1.29 is 14.3 Å². The highest BCUT2D eigenvalue weighted by atomic mass is 16.6. The Morgan fingerprint density at radius 2 is 1.97 bits per heavy atom. The summed E-state index contributed by atoms with van der Waals surface area (Å²) in [6.07, 6.45) is 1.71. The Hall–Kier alpha value is -3.53. The SMILES string of the molecule is C=CC(=O)N1CCN(Cc2ccc([C@H](C)Nc3nc(C)nc(N4C(=O)OC[C@@H]4CC)n3)cc2C)CC1. The van der Waals surface area contributed by atoms with E-state index >= 15 is 0 Å². The lowest BCUT2D eigenvalue weighted by Gasteiger charge is -2.34. The van der Waals surface area contributed by atoms with Crippen LogP contribution in [0.3, 0.4) is 0 Å². The van der Waals surface area contributed by atoms with E-state index in [1.807, 2.05) is 11.8 Å². The number of carbonyl (C=O) groups excluding carboxylic acids is 2. The van der Waals surface area contributed by atoms with Gasteiger partial charge in [-0.3, -0.25) is 9.69 Å². The van der Waals surface area contributed by atoms with Gasteiger partial charge in [0.25, 0.3) is 0 Å². The number of ether oxygens (including phenoxy) is 1. The van der Waals surface area contributed by atoms with Crippen molar-refractivity contribution in [3.63, 3.8) is 0 Å². The highest BCUT2D eigenvalue weighted by Crippen LogP contribution is 2.25. The maximum atomic E-state index is 12.2. The van der Waals surface area contributed by atoms with Crippen molar-refractivity contribution in [2.75, 3.05) is 43.0 Å². The van der Waals surface area contributed by atoms with Gasteiger partial charge in [-0.2, -0.15) is 15.0 Å². The van der Waals surface area contributed by atoms with Gasteiger partial charge in [0.1, 0.15) is 12.4 Å². The topological polar surface area (TPSA) is 104 Å². The van der Waals surface area contributed by atoms with Crippen molar-refractivity contribution in [2.45, 2.75) is 52.7 Å². The largest absolute Gasteiger partial charge is 0.447 e. The van der Waals surface area contributed by atoms with Crippen LogP contribution in [0.5, 0.6) is 0 Å². The number of rotatable bonds is 8. The Kier molecular flexibility index (Phi) is 7.83. The first-order chi connectivity index (χ1) is 17.3. The monoisotopic (exact) mass is 493 g/mol. The van der Waals surface area contributed by atoms with Crippen LogP contribution >= 0.6 is 0 Å². The van der Waals surface area contributed by atoms with Gasteiger partial charge in [-0.05, 0) is 50.0 Å². The third-order valence-electron chi connectivity index (χ3n) is 6.85. The Morgan fingerprint density at radius 3 is 2.64 bits per heavy atom. The lowest BCUT2D eigenvalue weighted by Crippen LogP contribution is -2.47. The van der Waals surface area contributed by atoms with Gasteiger partial charge in [0.15, 0.2) is 0 Å². The van der Waals surface area contributed by atoms with Crippen LogP contribution in [-0.2, 0) is 16.1 Å². The number of aromatic nitrogens is 3. The van der Waals surface area contributed by atoms with Crippen molar-refractivity contribution in [2.24, 2.45) is 0 Å². The van der Waals surface area contributed by atoms with Crippen molar-refractivity contribution in [1.82, 2.24) is 24.8 Å². The molecule has 2 fully saturated rings. The highest BCUT2D eigenvalue weighted by Gasteiger charge is 2.35. The van der Waals surface area contributed by atoms with Crippen LogP contribution in [0.2, 0.25) is 0 Å². The number of hydrogen-bond acceptors (Lipinski definition) is 8. The molecule has 36 heavy (non-hydrogen) atoms. The molecule has 2 atom stereocenters. The van der Waals surface area contributed by atoms with Crippen LogP contribution in [0.1, 0.15) is 48.8 Å². The Balaban J connectivity index is 1.41. The average molecular weight is 494 g/mol. The molecule has 0 aliphatic carbocycles. The minimum atomic E-state index is -0.425. The fourth-order valence-electron chi connectivity index (χ4n) is 4.59. The normalized spacial score (nSPS) is 19.2. The van der Waals surface area contributed by atoms with Crippen molar-refractivity contribution in [1.29, 1.82) is 0 Å². The molecular weight excluding hydrogens is 458 g/mol. The van der Waals surface area contributed by atoms with E-state index in [2.05, 4.69) is 63.8 Å². The number of anilines is 2. The van der Waals surface area contributed by atoms with E-state index < -0.39 is 6.09 Å². The lowest BCUT2D eigenvalue weighted by atomic mass is 10.0. The molecule has 2 aromatic rings. The molecule has 0 saturated carbocycles. The molecule has 2 saturated heterocycles. The van der Waals surface area contributed by atoms with E-state index in [0.717, 1.165) is 44.7 Å². The van der Waals surface area contributed by atoms with E-state index in [9.17, 15) is 9.59 Å². The second-order valence-electron chi connectivity index (χ2n) is 9.37. The van der Waals surface area contributed by atoms with Gasteiger partial charge in [0.2, 0.25) is 17.8 Å². The molecule has 10 nitrogen and oxygen atoms in total. The summed E-state index contributed by atoms with van der Waals surface area (Å²) in [5, 5.41) is 3.36.